The first kappa shape index (κ1) is 29.2. The summed E-state index contributed by atoms with van der Waals surface area (Å²) in [5, 5.41) is 0. The minimum Gasteiger partial charge on any atom is -0.493 e. The summed E-state index contributed by atoms with van der Waals surface area (Å²) in [4.78, 5) is 23.6. The highest BCUT2D eigenvalue weighted by atomic mass is 16.6. The number of nitrogens with one attached hydrogen (secondary N) is 1. The lowest BCUT2D eigenvalue weighted by atomic mass is 9.60. The van der Waals surface area contributed by atoms with Crippen molar-refractivity contribution in [3.63, 3.8) is 0 Å². The lowest BCUT2D eigenvalue weighted by Gasteiger charge is -2.50. The van der Waals surface area contributed by atoms with Crippen LogP contribution < -0.4 is 9.47 Å². The highest BCUT2D eigenvalue weighted by Crippen LogP contribution is 2.53. The van der Waals surface area contributed by atoms with Crippen molar-refractivity contribution in [2.45, 2.75) is 64.9 Å². The maximum atomic E-state index is 12.9. The number of H-pyrrole nitrogens is 1. The molecule has 1 N–H and O–H groups in total. The third kappa shape index (κ3) is 6.01. The van der Waals surface area contributed by atoms with E-state index in [4.69, 9.17) is 19.2 Å². The molecule has 7 nitrogen and oxygen atoms in total. The topological polar surface area (TPSA) is 76.7 Å². The fourth-order valence-electron chi connectivity index (χ4n) is 6.71. The SMILES string of the molecule is COc1cc(C)c2nc(CCCN(C)CC[C@@]3(OC(=O)C(C)C)C[C@@H]4CC[C@H]3C=C4c3ccccc3)[nH]c2c1OC. The second-order valence-corrected chi connectivity index (χ2v) is 12.2. The lowest BCUT2D eigenvalue weighted by Crippen LogP contribution is -2.51. The number of esters is 1. The molecule has 6 rings (SSSR count). The van der Waals surface area contributed by atoms with E-state index in [0.29, 0.717) is 17.4 Å². The average Bonchev–Trinajstić information content (AvgIpc) is 3.41. The molecular formula is C34H45N3O4. The Morgan fingerprint density at radius 2 is 1.93 bits per heavy atom. The Balaban J connectivity index is 1.24. The van der Waals surface area contributed by atoms with Crippen molar-refractivity contribution in [1.82, 2.24) is 14.9 Å². The van der Waals surface area contributed by atoms with Crippen molar-refractivity contribution in [3.8, 4) is 11.5 Å². The standard InChI is InChI=1S/C34H45N3O4/c1-22(2)33(38)41-34(21-25-14-15-26(34)20-27(25)24-11-8-7-9-12-24)16-18-37(4)17-10-13-29-35-30-23(3)19-28(39-5)32(40-6)31(30)36-29/h7-9,11-12,19-20,22,25-26H,10,13-18,21H2,1-6H3,(H,35,36)/t25-,26-,34+/m0/s1. The molecule has 220 valence electrons. The van der Waals surface area contributed by atoms with Gasteiger partial charge in [0, 0.05) is 25.3 Å². The van der Waals surface area contributed by atoms with Crippen molar-refractivity contribution in [2.24, 2.45) is 17.8 Å². The molecule has 0 radical (unpaired) electrons. The van der Waals surface area contributed by atoms with E-state index in [-0.39, 0.29) is 17.8 Å². The van der Waals surface area contributed by atoms with Crippen LogP contribution in [0.5, 0.6) is 11.5 Å². The predicted molar refractivity (Wildman–Crippen MR) is 163 cm³/mol. The molecule has 3 atom stereocenters. The van der Waals surface area contributed by atoms with Crippen LogP contribution in [0.3, 0.4) is 0 Å². The first-order valence-electron chi connectivity index (χ1n) is 15.0. The Kier molecular flexibility index (Phi) is 8.74. The van der Waals surface area contributed by atoms with Gasteiger partial charge in [-0.3, -0.25) is 4.79 Å². The summed E-state index contributed by atoms with van der Waals surface area (Å²) < 4.78 is 17.5. The van der Waals surface area contributed by atoms with Gasteiger partial charge < -0.3 is 24.1 Å². The summed E-state index contributed by atoms with van der Waals surface area (Å²) in [5.41, 5.74) is 5.18. The van der Waals surface area contributed by atoms with E-state index in [0.717, 1.165) is 74.0 Å². The number of ether oxygens (including phenoxy) is 3. The van der Waals surface area contributed by atoms with Gasteiger partial charge in [-0.1, -0.05) is 50.3 Å². The van der Waals surface area contributed by atoms with Gasteiger partial charge in [0.25, 0.3) is 0 Å². The summed E-state index contributed by atoms with van der Waals surface area (Å²) in [5.74, 6) is 2.83. The van der Waals surface area contributed by atoms with E-state index < -0.39 is 5.60 Å². The molecule has 3 aliphatic rings. The third-order valence-electron chi connectivity index (χ3n) is 9.02. The fraction of sp³-hybridized carbons (Fsp3) is 0.529. The van der Waals surface area contributed by atoms with Crippen LogP contribution in [-0.4, -0.2) is 60.8 Å². The zero-order valence-corrected chi connectivity index (χ0v) is 25.5. The molecule has 0 amide bonds. The number of aryl methyl sites for hydroxylation is 2. The molecule has 1 aromatic heterocycles. The monoisotopic (exact) mass is 559 g/mol. The number of carbonyl (C=O) groups excluding carboxylic acids is 1. The van der Waals surface area contributed by atoms with Gasteiger partial charge in [-0.25, -0.2) is 4.98 Å². The van der Waals surface area contributed by atoms with Gasteiger partial charge in [0.1, 0.15) is 16.9 Å². The number of allylic oxidation sites excluding steroid dienone is 1. The number of rotatable bonds is 12. The van der Waals surface area contributed by atoms with Crippen LogP contribution in [0.15, 0.2) is 42.5 Å². The van der Waals surface area contributed by atoms with E-state index in [2.05, 4.69) is 53.3 Å². The number of nitrogens with zero attached hydrogens (tertiary/aromatic N) is 2. The Morgan fingerprint density at radius 3 is 2.59 bits per heavy atom. The van der Waals surface area contributed by atoms with Crippen LogP contribution in [0.1, 0.15) is 62.9 Å². The van der Waals surface area contributed by atoms with Crippen LogP contribution in [0, 0.1) is 24.7 Å². The molecule has 2 aromatic carbocycles. The zero-order chi connectivity index (χ0) is 29.1. The summed E-state index contributed by atoms with van der Waals surface area (Å²) in [7, 11) is 5.48. The Labute approximate surface area is 244 Å². The van der Waals surface area contributed by atoms with Crippen molar-refractivity contribution in [1.29, 1.82) is 0 Å². The minimum atomic E-state index is -0.428. The molecule has 1 saturated carbocycles. The predicted octanol–water partition coefficient (Wildman–Crippen LogP) is 6.59. The van der Waals surface area contributed by atoms with Crippen molar-refractivity contribution >= 4 is 22.6 Å². The van der Waals surface area contributed by atoms with Gasteiger partial charge in [-0.2, -0.15) is 0 Å². The van der Waals surface area contributed by atoms with Crippen LogP contribution in [0.4, 0.5) is 0 Å². The second kappa shape index (κ2) is 12.3. The van der Waals surface area contributed by atoms with E-state index in [1.165, 1.54) is 11.1 Å². The quantitative estimate of drug-likeness (QED) is 0.252. The molecule has 0 aliphatic heterocycles. The number of fused-ring (bicyclic) bond motifs is 3. The molecule has 1 heterocycles. The molecule has 0 saturated heterocycles. The summed E-state index contributed by atoms with van der Waals surface area (Å²) in [6.07, 6.45) is 8.24. The highest BCUT2D eigenvalue weighted by Gasteiger charge is 2.50. The van der Waals surface area contributed by atoms with Gasteiger partial charge in [-0.15, -0.1) is 0 Å². The first-order chi connectivity index (χ1) is 19.7. The van der Waals surface area contributed by atoms with Gasteiger partial charge in [0.2, 0.25) is 0 Å². The van der Waals surface area contributed by atoms with Crippen LogP contribution in [-0.2, 0) is 16.0 Å². The molecule has 0 unspecified atom stereocenters. The Morgan fingerprint density at radius 1 is 1.15 bits per heavy atom. The molecular weight excluding hydrogens is 514 g/mol. The smallest absolute Gasteiger partial charge is 0.308 e. The summed E-state index contributed by atoms with van der Waals surface area (Å²) in [6.45, 7) is 7.72. The molecule has 7 heteroatoms. The molecule has 0 spiro atoms. The summed E-state index contributed by atoms with van der Waals surface area (Å²) >= 11 is 0. The van der Waals surface area contributed by atoms with E-state index in [1.807, 2.05) is 26.8 Å². The van der Waals surface area contributed by atoms with Gasteiger partial charge in [-0.05, 0) is 74.9 Å². The zero-order valence-electron chi connectivity index (χ0n) is 25.5. The van der Waals surface area contributed by atoms with E-state index in [1.54, 1.807) is 14.2 Å². The number of hydrogen-bond acceptors (Lipinski definition) is 6. The maximum absolute atomic E-state index is 12.9. The van der Waals surface area contributed by atoms with Gasteiger partial charge in [0.15, 0.2) is 11.5 Å². The molecule has 2 bridgehead atoms. The average molecular weight is 560 g/mol. The van der Waals surface area contributed by atoms with Gasteiger partial charge >= 0.3 is 5.97 Å². The third-order valence-corrected chi connectivity index (χ3v) is 9.02. The fourth-order valence-corrected chi connectivity index (χ4v) is 6.71. The number of hydrogen-bond donors (Lipinski definition) is 1. The van der Waals surface area contributed by atoms with Crippen molar-refractivity contribution < 1.29 is 19.0 Å². The van der Waals surface area contributed by atoms with E-state index >= 15 is 0 Å². The number of carbonyl (C=O) groups is 1. The lowest BCUT2D eigenvalue weighted by molar-refractivity contribution is -0.176. The first-order valence-corrected chi connectivity index (χ1v) is 15.0. The van der Waals surface area contributed by atoms with Crippen LogP contribution in [0.25, 0.3) is 16.6 Å². The molecule has 41 heavy (non-hydrogen) atoms. The van der Waals surface area contributed by atoms with Crippen molar-refractivity contribution in [2.75, 3.05) is 34.4 Å². The summed E-state index contributed by atoms with van der Waals surface area (Å²) in [6, 6.07) is 12.7. The number of benzene rings is 2. The van der Waals surface area contributed by atoms with Crippen LogP contribution >= 0.6 is 0 Å². The minimum absolute atomic E-state index is 0.0814. The number of methoxy groups -OCH3 is 2. The van der Waals surface area contributed by atoms with Crippen LogP contribution in [0.2, 0.25) is 0 Å². The molecule has 3 aromatic rings. The molecule has 1 fully saturated rings. The Hall–Kier alpha value is -3.32. The maximum Gasteiger partial charge on any atom is 0.308 e. The number of aromatic amines is 1. The van der Waals surface area contributed by atoms with Crippen molar-refractivity contribution in [3.05, 3.63) is 59.4 Å². The Bertz CT molecular complexity index is 1400. The highest BCUT2D eigenvalue weighted by molar-refractivity contribution is 5.87. The normalized spacial score (nSPS) is 21.9. The van der Waals surface area contributed by atoms with Gasteiger partial charge in [0.05, 0.1) is 25.7 Å². The number of imidazole rings is 1. The van der Waals surface area contributed by atoms with E-state index in [9.17, 15) is 4.79 Å². The molecule has 3 aliphatic carbocycles. The largest absolute Gasteiger partial charge is 0.493 e. The second-order valence-electron chi connectivity index (χ2n) is 12.2. The number of aromatic nitrogens is 2.